The van der Waals surface area contributed by atoms with Crippen LogP contribution in [-0.4, -0.2) is 28.5 Å². The molecule has 3 unspecified atom stereocenters. The normalized spacial score (nSPS) is 18.6. The maximum Gasteiger partial charge on any atom is 0.326 e. The summed E-state index contributed by atoms with van der Waals surface area (Å²) in [7, 11) is 0. The molecule has 3 aromatic rings. The van der Waals surface area contributed by atoms with Crippen LogP contribution in [-0.2, 0) is 4.79 Å². The summed E-state index contributed by atoms with van der Waals surface area (Å²) in [6.07, 6.45) is 8.95. The number of para-hydroxylation sites is 2. The third kappa shape index (κ3) is 5.37. The van der Waals surface area contributed by atoms with Gasteiger partial charge in [0.2, 0.25) is 5.91 Å². The second-order valence-corrected chi connectivity index (χ2v) is 11.0. The summed E-state index contributed by atoms with van der Waals surface area (Å²) in [4.78, 5) is 30.3. The van der Waals surface area contributed by atoms with E-state index in [0.29, 0.717) is 12.1 Å². The van der Waals surface area contributed by atoms with Crippen LogP contribution in [0.1, 0.15) is 13.3 Å². The van der Waals surface area contributed by atoms with Crippen molar-refractivity contribution in [3.63, 3.8) is 0 Å². The van der Waals surface area contributed by atoms with Gasteiger partial charge >= 0.3 is 6.03 Å². The van der Waals surface area contributed by atoms with Gasteiger partial charge in [0, 0.05) is 21.2 Å². The zero-order chi connectivity index (χ0) is 24.9. The molecule has 5 rings (SSSR count). The van der Waals surface area contributed by atoms with E-state index >= 15 is 0 Å². The summed E-state index contributed by atoms with van der Waals surface area (Å²) in [5.74, 6) is -0.0336. The average Bonchev–Trinajstić information content (AvgIpc) is 2.91. The van der Waals surface area contributed by atoms with E-state index in [-0.39, 0.29) is 28.5 Å². The molecule has 0 fully saturated rings. The van der Waals surface area contributed by atoms with Crippen molar-refractivity contribution in [3.05, 3.63) is 103 Å². The van der Waals surface area contributed by atoms with E-state index < -0.39 is 0 Å². The molecule has 5 nitrogen and oxygen atoms in total. The maximum atomic E-state index is 13.6. The number of benzene rings is 3. The monoisotopic (exact) mass is 513 g/mol. The van der Waals surface area contributed by atoms with Crippen LogP contribution in [0.25, 0.3) is 0 Å². The van der Waals surface area contributed by atoms with E-state index in [1.54, 1.807) is 11.8 Å². The summed E-state index contributed by atoms with van der Waals surface area (Å²) in [6.45, 7) is 2.00. The highest BCUT2D eigenvalue weighted by Gasteiger charge is 2.36. The summed E-state index contributed by atoms with van der Waals surface area (Å²) in [5, 5.41) is 6.01. The van der Waals surface area contributed by atoms with E-state index in [2.05, 4.69) is 28.9 Å². The minimum absolute atomic E-state index is 0.0336. The first-order valence-electron chi connectivity index (χ1n) is 12.0. The highest BCUT2D eigenvalue weighted by molar-refractivity contribution is 8.00. The standard InChI is InChI=1S/C29H27N3O2S2/c1-2-25(28(33)30-20-11-4-3-5-12-20)35-22-14-10-13-21(19-22)31-29(34)32-23-15-6-8-17-26(23)36-27-18-9-7-16-24(27)32/h3-19,23,25-26H,2H2,1H3,(H,30,33)(H,31,34). The molecule has 0 bridgehead atoms. The molecule has 36 heavy (non-hydrogen) atoms. The molecule has 7 heteroatoms. The Balaban J connectivity index is 1.31. The minimum atomic E-state index is -0.248. The summed E-state index contributed by atoms with van der Waals surface area (Å²) < 4.78 is 0. The second kappa shape index (κ2) is 11.1. The first-order chi connectivity index (χ1) is 17.6. The zero-order valence-electron chi connectivity index (χ0n) is 19.8. The predicted molar refractivity (Wildman–Crippen MR) is 151 cm³/mol. The lowest BCUT2D eigenvalue weighted by Crippen LogP contribution is -2.49. The quantitative estimate of drug-likeness (QED) is 0.342. The lowest BCUT2D eigenvalue weighted by Gasteiger charge is -2.40. The molecular formula is C29H27N3O2S2. The van der Waals surface area contributed by atoms with E-state index in [1.807, 2.05) is 96.8 Å². The first kappa shape index (κ1) is 24.3. The number of hydrogen-bond acceptors (Lipinski definition) is 4. The van der Waals surface area contributed by atoms with E-state index in [1.165, 1.54) is 11.8 Å². The van der Waals surface area contributed by atoms with Crippen molar-refractivity contribution in [1.82, 2.24) is 0 Å². The van der Waals surface area contributed by atoms with Gasteiger partial charge in [-0.3, -0.25) is 9.69 Å². The molecular weight excluding hydrogens is 486 g/mol. The van der Waals surface area contributed by atoms with Crippen molar-refractivity contribution in [2.75, 3.05) is 15.5 Å². The molecule has 182 valence electrons. The molecule has 0 radical (unpaired) electrons. The lowest BCUT2D eigenvalue weighted by molar-refractivity contribution is -0.115. The largest absolute Gasteiger partial charge is 0.326 e. The van der Waals surface area contributed by atoms with Crippen molar-refractivity contribution >= 4 is 52.5 Å². The minimum Gasteiger partial charge on any atom is -0.325 e. The highest BCUT2D eigenvalue weighted by atomic mass is 32.2. The van der Waals surface area contributed by atoms with Gasteiger partial charge in [-0.05, 0) is 48.9 Å². The molecule has 0 saturated carbocycles. The number of nitrogens with one attached hydrogen (secondary N) is 2. The fourth-order valence-corrected chi connectivity index (χ4v) is 6.56. The fourth-order valence-electron chi connectivity index (χ4n) is 4.29. The summed E-state index contributed by atoms with van der Waals surface area (Å²) in [6, 6.07) is 25.0. The molecule has 2 N–H and O–H groups in total. The average molecular weight is 514 g/mol. The number of carbonyl (C=O) groups excluding carboxylic acids is 2. The molecule has 1 aliphatic carbocycles. The smallest absolute Gasteiger partial charge is 0.325 e. The highest BCUT2D eigenvalue weighted by Crippen LogP contribution is 2.43. The SMILES string of the molecule is CCC(Sc1cccc(NC(=O)N2c3ccccc3SC3C=CC=CC32)c1)C(=O)Nc1ccccc1. The van der Waals surface area contributed by atoms with Crippen LogP contribution in [0.2, 0.25) is 0 Å². The molecule has 0 aromatic heterocycles. The number of hydrogen-bond donors (Lipinski definition) is 2. The van der Waals surface area contributed by atoms with Crippen molar-refractivity contribution < 1.29 is 9.59 Å². The Bertz CT molecular complexity index is 1310. The van der Waals surface area contributed by atoms with Gasteiger partial charge in [0.25, 0.3) is 0 Å². The van der Waals surface area contributed by atoms with Gasteiger partial charge < -0.3 is 10.6 Å². The molecule has 3 aromatic carbocycles. The maximum absolute atomic E-state index is 13.6. The number of carbonyl (C=O) groups is 2. The van der Waals surface area contributed by atoms with Gasteiger partial charge in [-0.25, -0.2) is 4.79 Å². The second-order valence-electron chi connectivity index (χ2n) is 8.51. The lowest BCUT2D eigenvalue weighted by atomic mass is 10.1. The Hall–Kier alpha value is -3.42. The molecule has 2 aliphatic rings. The van der Waals surface area contributed by atoms with Crippen molar-refractivity contribution in [3.8, 4) is 0 Å². The van der Waals surface area contributed by atoms with Gasteiger partial charge in [-0.2, -0.15) is 0 Å². The van der Waals surface area contributed by atoms with Gasteiger partial charge in [0.05, 0.1) is 22.2 Å². The van der Waals surface area contributed by atoms with Crippen LogP contribution in [0.4, 0.5) is 21.9 Å². The zero-order valence-corrected chi connectivity index (χ0v) is 21.5. The third-order valence-electron chi connectivity index (χ3n) is 6.03. The molecule has 3 amide bonds. The van der Waals surface area contributed by atoms with Crippen LogP contribution in [0.3, 0.4) is 0 Å². The summed E-state index contributed by atoms with van der Waals surface area (Å²) >= 11 is 3.28. The van der Waals surface area contributed by atoms with Gasteiger partial charge in [-0.15, -0.1) is 23.5 Å². The number of allylic oxidation sites excluding steroid dienone is 2. The predicted octanol–water partition coefficient (Wildman–Crippen LogP) is 7.20. The number of rotatable bonds is 6. The number of amides is 3. The first-order valence-corrected chi connectivity index (χ1v) is 13.7. The Morgan fingerprint density at radius 3 is 2.50 bits per heavy atom. The number of nitrogens with zero attached hydrogens (tertiary/aromatic N) is 1. The number of anilines is 3. The topological polar surface area (TPSA) is 61.4 Å². The summed E-state index contributed by atoms with van der Waals surface area (Å²) in [5.41, 5.74) is 2.40. The van der Waals surface area contributed by atoms with Crippen LogP contribution < -0.4 is 15.5 Å². The van der Waals surface area contributed by atoms with Crippen LogP contribution in [0.15, 0.2) is 113 Å². The van der Waals surface area contributed by atoms with E-state index in [4.69, 9.17) is 0 Å². The van der Waals surface area contributed by atoms with Crippen molar-refractivity contribution in [2.24, 2.45) is 0 Å². The molecule has 1 heterocycles. The van der Waals surface area contributed by atoms with Crippen LogP contribution in [0.5, 0.6) is 0 Å². The Kier molecular flexibility index (Phi) is 7.49. The van der Waals surface area contributed by atoms with Gasteiger partial charge in [0.1, 0.15) is 0 Å². The number of urea groups is 1. The van der Waals surface area contributed by atoms with Crippen LogP contribution >= 0.6 is 23.5 Å². The molecule has 3 atom stereocenters. The Labute approximate surface area is 220 Å². The van der Waals surface area contributed by atoms with Gasteiger partial charge in [-0.1, -0.05) is 67.6 Å². The van der Waals surface area contributed by atoms with Crippen molar-refractivity contribution in [1.29, 1.82) is 0 Å². The Morgan fingerprint density at radius 1 is 0.917 bits per heavy atom. The molecule has 1 aliphatic heterocycles. The molecule has 0 spiro atoms. The number of fused-ring (bicyclic) bond motifs is 2. The fraction of sp³-hybridized carbons (Fsp3) is 0.172. The Morgan fingerprint density at radius 2 is 1.67 bits per heavy atom. The molecule has 0 saturated heterocycles. The van der Waals surface area contributed by atoms with Gasteiger partial charge in [0.15, 0.2) is 0 Å². The van der Waals surface area contributed by atoms with Crippen molar-refractivity contribution in [2.45, 2.75) is 39.7 Å². The van der Waals surface area contributed by atoms with E-state index in [9.17, 15) is 9.59 Å². The third-order valence-corrected chi connectivity index (χ3v) is 8.70. The van der Waals surface area contributed by atoms with E-state index in [0.717, 1.165) is 21.2 Å². The van der Waals surface area contributed by atoms with Crippen LogP contribution in [0, 0.1) is 0 Å². The number of thioether (sulfide) groups is 2.